The van der Waals surface area contributed by atoms with Gasteiger partial charge in [0.1, 0.15) is 0 Å². The first-order valence-corrected chi connectivity index (χ1v) is 6.74. The van der Waals surface area contributed by atoms with E-state index in [1.54, 1.807) is 0 Å². The summed E-state index contributed by atoms with van der Waals surface area (Å²) in [5.74, 6) is 0.709. The average Bonchev–Trinajstić information content (AvgIpc) is 2.44. The standard InChI is InChI=1S/C15H18N4/c1-2-11-3-5-12(6-4-11)13-7-17-15(18-8-13)19-14-9-16-10-14/h3-8,14,16H,2,9-10H2,1H3,(H,17,18,19). The number of nitrogens with one attached hydrogen (secondary N) is 2. The van der Waals surface area contributed by atoms with E-state index < -0.39 is 0 Å². The van der Waals surface area contributed by atoms with Gasteiger partial charge in [-0.2, -0.15) is 0 Å². The molecule has 2 heterocycles. The SMILES string of the molecule is CCc1ccc(-c2cnc(NC3CNC3)nc2)cc1. The van der Waals surface area contributed by atoms with Crippen LogP contribution >= 0.6 is 0 Å². The van der Waals surface area contributed by atoms with Gasteiger partial charge < -0.3 is 10.6 Å². The Hall–Kier alpha value is -1.94. The molecule has 2 aromatic rings. The van der Waals surface area contributed by atoms with Crippen molar-refractivity contribution in [2.45, 2.75) is 19.4 Å². The molecular formula is C15H18N4. The number of rotatable bonds is 4. The zero-order chi connectivity index (χ0) is 13.1. The van der Waals surface area contributed by atoms with Gasteiger partial charge in [-0.05, 0) is 17.5 Å². The Morgan fingerprint density at radius 3 is 2.32 bits per heavy atom. The van der Waals surface area contributed by atoms with E-state index in [2.05, 4.69) is 51.8 Å². The van der Waals surface area contributed by atoms with E-state index in [1.807, 2.05) is 12.4 Å². The van der Waals surface area contributed by atoms with E-state index in [9.17, 15) is 0 Å². The molecule has 2 N–H and O–H groups in total. The second-order valence-corrected chi connectivity index (χ2v) is 4.85. The van der Waals surface area contributed by atoms with Crippen LogP contribution in [0.3, 0.4) is 0 Å². The molecule has 1 fully saturated rings. The quantitative estimate of drug-likeness (QED) is 0.877. The molecule has 0 unspecified atom stereocenters. The minimum atomic E-state index is 0.467. The Labute approximate surface area is 113 Å². The van der Waals surface area contributed by atoms with Crippen LogP contribution < -0.4 is 10.6 Å². The van der Waals surface area contributed by atoms with Gasteiger partial charge in [-0.15, -0.1) is 0 Å². The highest BCUT2D eigenvalue weighted by Gasteiger charge is 2.16. The van der Waals surface area contributed by atoms with Gasteiger partial charge in [-0.25, -0.2) is 9.97 Å². The summed E-state index contributed by atoms with van der Waals surface area (Å²) in [7, 11) is 0. The van der Waals surface area contributed by atoms with Gasteiger partial charge in [0, 0.05) is 31.0 Å². The summed E-state index contributed by atoms with van der Waals surface area (Å²) in [5.41, 5.74) is 3.56. The molecule has 0 saturated carbocycles. The molecule has 0 aliphatic carbocycles. The maximum Gasteiger partial charge on any atom is 0.222 e. The number of hydrogen-bond acceptors (Lipinski definition) is 4. The lowest BCUT2D eigenvalue weighted by molar-refractivity contribution is 0.470. The maximum atomic E-state index is 4.37. The fourth-order valence-electron chi connectivity index (χ4n) is 2.06. The van der Waals surface area contributed by atoms with Crippen molar-refractivity contribution in [3.05, 3.63) is 42.2 Å². The lowest BCUT2D eigenvalue weighted by Crippen LogP contribution is -2.51. The molecule has 98 valence electrons. The first kappa shape index (κ1) is 12.1. The average molecular weight is 254 g/mol. The van der Waals surface area contributed by atoms with Crippen molar-refractivity contribution >= 4 is 5.95 Å². The smallest absolute Gasteiger partial charge is 0.222 e. The monoisotopic (exact) mass is 254 g/mol. The van der Waals surface area contributed by atoms with Crippen LogP contribution in [0.1, 0.15) is 12.5 Å². The molecule has 1 aromatic heterocycles. The molecule has 19 heavy (non-hydrogen) atoms. The van der Waals surface area contributed by atoms with Gasteiger partial charge in [0.25, 0.3) is 0 Å². The van der Waals surface area contributed by atoms with Gasteiger partial charge in [-0.1, -0.05) is 31.2 Å². The summed E-state index contributed by atoms with van der Waals surface area (Å²) >= 11 is 0. The highest BCUT2D eigenvalue weighted by atomic mass is 15.2. The summed E-state index contributed by atoms with van der Waals surface area (Å²) in [6, 6.07) is 9.03. The molecule has 4 nitrogen and oxygen atoms in total. The highest BCUT2D eigenvalue weighted by Crippen LogP contribution is 2.19. The molecule has 4 heteroatoms. The molecule has 0 amide bonds. The predicted octanol–water partition coefficient (Wildman–Crippen LogP) is 2.09. The third kappa shape index (κ3) is 2.74. The summed E-state index contributed by atoms with van der Waals surface area (Å²) < 4.78 is 0. The molecule has 0 atom stereocenters. The molecule has 0 bridgehead atoms. The van der Waals surface area contributed by atoms with E-state index in [1.165, 1.54) is 5.56 Å². The number of benzene rings is 1. The largest absolute Gasteiger partial charge is 0.349 e. The minimum absolute atomic E-state index is 0.467. The number of aromatic nitrogens is 2. The molecule has 1 aliphatic rings. The first-order chi connectivity index (χ1) is 9.35. The van der Waals surface area contributed by atoms with E-state index in [4.69, 9.17) is 0 Å². The highest BCUT2D eigenvalue weighted by molar-refractivity contribution is 5.62. The van der Waals surface area contributed by atoms with E-state index in [0.717, 1.165) is 30.6 Å². The summed E-state index contributed by atoms with van der Waals surface area (Å²) in [6.45, 7) is 4.14. The lowest BCUT2D eigenvalue weighted by Gasteiger charge is -2.27. The number of aryl methyl sites for hydroxylation is 1. The fourth-order valence-corrected chi connectivity index (χ4v) is 2.06. The van der Waals surface area contributed by atoms with Crippen molar-refractivity contribution in [2.24, 2.45) is 0 Å². The Balaban J connectivity index is 1.73. The van der Waals surface area contributed by atoms with Crippen LogP contribution in [0, 0.1) is 0 Å². The van der Waals surface area contributed by atoms with E-state index in [-0.39, 0.29) is 0 Å². The van der Waals surface area contributed by atoms with Crippen molar-refractivity contribution in [1.29, 1.82) is 0 Å². The molecule has 0 radical (unpaired) electrons. The van der Waals surface area contributed by atoms with Crippen molar-refractivity contribution in [3.8, 4) is 11.1 Å². The number of hydrogen-bond donors (Lipinski definition) is 2. The van der Waals surface area contributed by atoms with Crippen molar-refractivity contribution in [3.63, 3.8) is 0 Å². The van der Waals surface area contributed by atoms with Gasteiger partial charge in [0.2, 0.25) is 5.95 Å². The van der Waals surface area contributed by atoms with Gasteiger partial charge in [-0.3, -0.25) is 0 Å². The normalized spacial score (nSPS) is 15.0. The van der Waals surface area contributed by atoms with Crippen LogP contribution in [0.25, 0.3) is 11.1 Å². The summed E-state index contributed by atoms with van der Waals surface area (Å²) in [6.07, 6.45) is 4.82. The second-order valence-electron chi connectivity index (χ2n) is 4.85. The third-order valence-corrected chi connectivity index (χ3v) is 3.46. The number of anilines is 1. The third-order valence-electron chi connectivity index (χ3n) is 3.46. The fraction of sp³-hybridized carbons (Fsp3) is 0.333. The topological polar surface area (TPSA) is 49.8 Å². The van der Waals surface area contributed by atoms with Crippen molar-refractivity contribution in [2.75, 3.05) is 18.4 Å². The first-order valence-electron chi connectivity index (χ1n) is 6.74. The van der Waals surface area contributed by atoms with Crippen molar-refractivity contribution < 1.29 is 0 Å². The van der Waals surface area contributed by atoms with E-state index in [0.29, 0.717) is 12.0 Å². The van der Waals surface area contributed by atoms with Gasteiger partial charge in [0.15, 0.2) is 0 Å². The molecule has 1 aromatic carbocycles. The Bertz CT molecular complexity index is 529. The molecule has 0 spiro atoms. The Morgan fingerprint density at radius 2 is 1.79 bits per heavy atom. The van der Waals surface area contributed by atoms with Crippen LogP contribution in [0.5, 0.6) is 0 Å². The van der Waals surface area contributed by atoms with Crippen LogP contribution in [-0.4, -0.2) is 29.1 Å². The minimum Gasteiger partial charge on any atom is -0.349 e. The summed E-state index contributed by atoms with van der Waals surface area (Å²) in [5, 5.41) is 6.50. The van der Waals surface area contributed by atoms with Gasteiger partial charge in [0.05, 0.1) is 6.04 Å². The lowest BCUT2D eigenvalue weighted by atomic mass is 10.1. The van der Waals surface area contributed by atoms with Gasteiger partial charge >= 0.3 is 0 Å². The molecule has 3 rings (SSSR count). The zero-order valence-corrected chi connectivity index (χ0v) is 11.1. The zero-order valence-electron chi connectivity index (χ0n) is 11.1. The summed E-state index contributed by atoms with van der Waals surface area (Å²) in [4.78, 5) is 8.74. The second kappa shape index (κ2) is 5.36. The number of nitrogens with zero attached hydrogens (tertiary/aromatic N) is 2. The van der Waals surface area contributed by atoms with Crippen LogP contribution in [0.15, 0.2) is 36.7 Å². The van der Waals surface area contributed by atoms with Crippen LogP contribution in [-0.2, 0) is 6.42 Å². The predicted molar refractivity (Wildman–Crippen MR) is 77.1 cm³/mol. The van der Waals surface area contributed by atoms with Crippen LogP contribution in [0.4, 0.5) is 5.95 Å². The Morgan fingerprint density at radius 1 is 1.11 bits per heavy atom. The van der Waals surface area contributed by atoms with E-state index >= 15 is 0 Å². The van der Waals surface area contributed by atoms with Crippen LogP contribution in [0.2, 0.25) is 0 Å². The van der Waals surface area contributed by atoms with Crippen molar-refractivity contribution in [1.82, 2.24) is 15.3 Å². The molecule has 1 saturated heterocycles. The Kier molecular flexibility index (Phi) is 3.42. The molecule has 1 aliphatic heterocycles. The maximum absolute atomic E-state index is 4.37. The molecular weight excluding hydrogens is 236 g/mol.